The molecule has 13 heavy (non-hydrogen) atoms. The Balaban J connectivity index is 2.64. The molecule has 1 heterocycles. The zero-order valence-electron chi connectivity index (χ0n) is 8.96. The molecule has 0 aromatic heterocycles. The summed E-state index contributed by atoms with van der Waals surface area (Å²) in [4.78, 5) is 13.5. The lowest BCUT2D eigenvalue weighted by Crippen LogP contribution is -2.44. The van der Waals surface area contributed by atoms with Gasteiger partial charge in [0, 0.05) is 19.2 Å². The largest absolute Gasteiger partial charge is 0.375 e. The number of hydrogen-bond acceptors (Lipinski definition) is 2. The van der Waals surface area contributed by atoms with Gasteiger partial charge in [-0.1, -0.05) is 6.92 Å². The predicted octanol–water partition coefficient (Wildman–Crippen LogP) is 1.28. The van der Waals surface area contributed by atoms with Crippen LogP contribution in [0.25, 0.3) is 0 Å². The average Bonchev–Trinajstić information content (AvgIpc) is 2.24. The zero-order valence-corrected chi connectivity index (χ0v) is 8.96. The number of likely N-dealkylation sites (tertiary alicyclic amines) is 1. The molecule has 1 atom stereocenters. The maximum Gasteiger partial charge on any atom is 0.249 e. The summed E-state index contributed by atoms with van der Waals surface area (Å²) >= 11 is 0. The van der Waals surface area contributed by atoms with Crippen LogP contribution in [0.2, 0.25) is 0 Å². The molecule has 0 N–H and O–H groups in total. The Morgan fingerprint density at radius 1 is 1.62 bits per heavy atom. The Kier molecular flexibility index (Phi) is 2.96. The molecule has 1 aliphatic heterocycles. The summed E-state index contributed by atoms with van der Waals surface area (Å²) in [6.07, 6.45) is 1.09. The second-order valence-corrected chi connectivity index (χ2v) is 4.56. The third-order valence-corrected chi connectivity index (χ3v) is 2.64. The van der Waals surface area contributed by atoms with Crippen molar-refractivity contribution in [3.05, 3.63) is 0 Å². The van der Waals surface area contributed by atoms with Gasteiger partial charge >= 0.3 is 0 Å². The summed E-state index contributed by atoms with van der Waals surface area (Å²) < 4.78 is 4.85. The number of nitrogens with zero attached hydrogens (tertiary/aromatic N) is 1. The first-order valence-electron chi connectivity index (χ1n) is 4.77. The molecule has 0 bridgehead atoms. The fourth-order valence-electron chi connectivity index (χ4n) is 2.23. The van der Waals surface area contributed by atoms with Crippen LogP contribution >= 0.6 is 0 Å². The molecule has 1 fully saturated rings. The minimum absolute atomic E-state index is 0.00896. The summed E-state index contributed by atoms with van der Waals surface area (Å²) in [6.45, 7) is 7.49. The number of amides is 1. The molecule has 1 unspecified atom stereocenters. The van der Waals surface area contributed by atoms with Gasteiger partial charge in [0.2, 0.25) is 5.91 Å². The van der Waals surface area contributed by atoms with Crippen molar-refractivity contribution in [1.82, 2.24) is 4.90 Å². The van der Waals surface area contributed by atoms with E-state index in [4.69, 9.17) is 4.74 Å². The molecule has 3 nitrogen and oxygen atoms in total. The van der Waals surface area contributed by atoms with E-state index in [9.17, 15) is 4.79 Å². The van der Waals surface area contributed by atoms with E-state index >= 15 is 0 Å². The number of rotatable bonds is 2. The van der Waals surface area contributed by atoms with E-state index in [1.807, 2.05) is 4.90 Å². The first-order valence-corrected chi connectivity index (χ1v) is 4.77. The molecule has 76 valence electrons. The summed E-state index contributed by atoms with van der Waals surface area (Å²) in [5.41, 5.74) is 0.00896. The van der Waals surface area contributed by atoms with Gasteiger partial charge in [0.15, 0.2) is 0 Å². The van der Waals surface area contributed by atoms with Gasteiger partial charge in [-0.3, -0.25) is 4.79 Å². The highest BCUT2D eigenvalue weighted by molar-refractivity contribution is 5.78. The van der Waals surface area contributed by atoms with E-state index in [-0.39, 0.29) is 18.1 Å². The van der Waals surface area contributed by atoms with Gasteiger partial charge < -0.3 is 9.64 Å². The van der Waals surface area contributed by atoms with Gasteiger partial charge in [0.25, 0.3) is 0 Å². The Labute approximate surface area is 80.1 Å². The minimum Gasteiger partial charge on any atom is -0.375 e. The van der Waals surface area contributed by atoms with E-state index in [1.54, 1.807) is 7.11 Å². The van der Waals surface area contributed by atoms with Crippen molar-refractivity contribution in [3.63, 3.8) is 0 Å². The van der Waals surface area contributed by atoms with Gasteiger partial charge in [-0.2, -0.15) is 0 Å². The standard InChI is InChI=1S/C10H19NO2/c1-8-5-10(2,3)11(6-8)9(12)7-13-4/h8H,5-7H2,1-4H3. The third kappa shape index (κ3) is 2.21. The second-order valence-electron chi connectivity index (χ2n) is 4.56. The molecule has 3 heteroatoms. The first-order chi connectivity index (χ1) is 5.97. The molecular weight excluding hydrogens is 166 g/mol. The lowest BCUT2D eigenvalue weighted by Gasteiger charge is -2.31. The molecular formula is C10H19NO2. The number of carbonyl (C=O) groups excluding carboxylic acids is 1. The number of methoxy groups -OCH3 is 1. The highest BCUT2D eigenvalue weighted by atomic mass is 16.5. The van der Waals surface area contributed by atoms with Crippen LogP contribution in [0.1, 0.15) is 27.2 Å². The summed E-state index contributed by atoms with van der Waals surface area (Å²) in [6, 6.07) is 0. The highest BCUT2D eigenvalue weighted by Gasteiger charge is 2.38. The number of hydrogen-bond donors (Lipinski definition) is 0. The summed E-state index contributed by atoms with van der Waals surface area (Å²) in [7, 11) is 1.56. The molecule has 0 aromatic rings. The van der Waals surface area contributed by atoms with E-state index in [0.29, 0.717) is 5.92 Å². The second kappa shape index (κ2) is 3.66. The Bertz CT molecular complexity index is 201. The van der Waals surface area contributed by atoms with E-state index in [1.165, 1.54) is 0 Å². The van der Waals surface area contributed by atoms with Crippen LogP contribution in [-0.2, 0) is 9.53 Å². The lowest BCUT2D eigenvalue weighted by atomic mass is 9.98. The van der Waals surface area contributed by atoms with Crippen molar-refractivity contribution < 1.29 is 9.53 Å². The topological polar surface area (TPSA) is 29.5 Å². The van der Waals surface area contributed by atoms with E-state index in [0.717, 1.165) is 13.0 Å². The van der Waals surface area contributed by atoms with Crippen LogP contribution < -0.4 is 0 Å². The normalized spacial score (nSPS) is 26.5. The molecule has 0 radical (unpaired) electrons. The van der Waals surface area contributed by atoms with Crippen LogP contribution in [0.15, 0.2) is 0 Å². The third-order valence-electron chi connectivity index (χ3n) is 2.64. The van der Waals surface area contributed by atoms with Gasteiger partial charge in [-0.15, -0.1) is 0 Å². The number of carbonyl (C=O) groups is 1. The van der Waals surface area contributed by atoms with Gasteiger partial charge in [0.1, 0.15) is 6.61 Å². The molecule has 0 saturated carbocycles. The van der Waals surface area contributed by atoms with Gasteiger partial charge in [-0.05, 0) is 26.2 Å². The quantitative estimate of drug-likeness (QED) is 0.648. The van der Waals surface area contributed by atoms with Crippen molar-refractivity contribution in [2.45, 2.75) is 32.7 Å². The lowest BCUT2D eigenvalue weighted by molar-refractivity contribution is -0.138. The molecule has 0 aliphatic carbocycles. The average molecular weight is 185 g/mol. The highest BCUT2D eigenvalue weighted by Crippen LogP contribution is 2.32. The maximum atomic E-state index is 11.6. The van der Waals surface area contributed by atoms with Crippen molar-refractivity contribution in [1.29, 1.82) is 0 Å². The smallest absolute Gasteiger partial charge is 0.249 e. The molecule has 1 rings (SSSR count). The van der Waals surface area contributed by atoms with Gasteiger partial charge in [-0.25, -0.2) is 0 Å². The molecule has 1 aliphatic rings. The fraction of sp³-hybridized carbons (Fsp3) is 0.900. The molecule has 0 spiro atoms. The van der Waals surface area contributed by atoms with Crippen LogP contribution in [0, 0.1) is 5.92 Å². The monoisotopic (exact) mass is 185 g/mol. The fourth-order valence-corrected chi connectivity index (χ4v) is 2.23. The van der Waals surface area contributed by atoms with Gasteiger partial charge in [0.05, 0.1) is 0 Å². The Morgan fingerprint density at radius 2 is 2.23 bits per heavy atom. The first kappa shape index (κ1) is 10.5. The summed E-state index contributed by atoms with van der Waals surface area (Å²) in [5, 5.41) is 0. The number of ether oxygens (including phenoxy) is 1. The van der Waals surface area contributed by atoms with E-state index in [2.05, 4.69) is 20.8 Å². The zero-order chi connectivity index (χ0) is 10.1. The van der Waals surface area contributed by atoms with Crippen LogP contribution in [0.3, 0.4) is 0 Å². The maximum absolute atomic E-state index is 11.6. The predicted molar refractivity (Wildman–Crippen MR) is 51.4 cm³/mol. The van der Waals surface area contributed by atoms with Crippen LogP contribution in [0.5, 0.6) is 0 Å². The molecule has 1 amide bonds. The van der Waals surface area contributed by atoms with Crippen LogP contribution in [-0.4, -0.2) is 36.6 Å². The van der Waals surface area contributed by atoms with E-state index < -0.39 is 0 Å². The Morgan fingerprint density at radius 3 is 2.62 bits per heavy atom. The van der Waals surface area contributed by atoms with Crippen LogP contribution in [0.4, 0.5) is 0 Å². The van der Waals surface area contributed by atoms with Crippen molar-refractivity contribution >= 4 is 5.91 Å². The van der Waals surface area contributed by atoms with Crippen molar-refractivity contribution in [3.8, 4) is 0 Å². The van der Waals surface area contributed by atoms with Crippen molar-refractivity contribution in [2.75, 3.05) is 20.3 Å². The minimum atomic E-state index is 0.00896. The Hall–Kier alpha value is -0.570. The molecule has 0 aromatic carbocycles. The summed E-state index contributed by atoms with van der Waals surface area (Å²) in [5.74, 6) is 0.715. The van der Waals surface area contributed by atoms with Crippen molar-refractivity contribution in [2.24, 2.45) is 5.92 Å². The molecule has 1 saturated heterocycles. The SMILES string of the molecule is COCC(=O)N1CC(C)CC1(C)C.